The number of aromatic amines is 1. The van der Waals surface area contributed by atoms with E-state index in [0.29, 0.717) is 66.1 Å². The van der Waals surface area contributed by atoms with Gasteiger partial charge in [-0.3, -0.25) is 9.89 Å². The van der Waals surface area contributed by atoms with Crippen LogP contribution in [-0.4, -0.2) is 57.6 Å². The van der Waals surface area contributed by atoms with Crippen LogP contribution in [0.2, 0.25) is 0 Å². The van der Waals surface area contributed by atoms with Crippen LogP contribution in [-0.2, 0) is 0 Å². The third kappa shape index (κ3) is 5.30. The summed E-state index contributed by atoms with van der Waals surface area (Å²) in [6, 6.07) is 8.99. The minimum absolute atomic E-state index is 0.0276. The minimum atomic E-state index is -0.466. The van der Waals surface area contributed by atoms with E-state index in [-0.39, 0.29) is 18.3 Å². The predicted molar refractivity (Wildman–Crippen MR) is 142 cm³/mol. The Kier molecular flexibility index (Phi) is 8.07. The first-order valence-electron chi connectivity index (χ1n) is 13.0. The van der Waals surface area contributed by atoms with Crippen molar-refractivity contribution < 1.29 is 24.5 Å². The molecule has 0 radical (unpaired) electrons. The van der Waals surface area contributed by atoms with Crippen molar-refractivity contribution in [3.63, 3.8) is 0 Å². The van der Waals surface area contributed by atoms with Crippen LogP contribution in [0.1, 0.15) is 72.4 Å². The molecule has 1 aliphatic rings. The molecule has 0 bridgehead atoms. The van der Waals surface area contributed by atoms with Crippen molar-refractivity contribution in [3.05, 3.63) is 58.3 Å². The van der Waals surface area contributed by atoms with E-state index in [1.165, 1.54) is 0 Å². The number of fused-ring (bicyclic) bond motifs is 1. The van der Waals surface area contributed by atoms with Crippen LogP contribution in [0, 0.1) is 19.8 Å². The maximum absolute atomic E-state index is 13.5. The van der Waals surface area contributed by atoms with E-state index in [9.17, 15) is 15.0 Å². The van der Waals surface area contributed by atoms with Gasteiger partial charge in [0.15, 0.2) is 11.5 Å². The van der Waals surface area contributed by atoms with E-state index >= 15 is 0 Å². The lowest BCUT2D eigenvalue weighted by Gasteiger charge is -2.27. The zero-order valence-corrected chi connectivity index (χ0v) is 22.3. The molecule has 4 rings (SSSR count). The highest BCUT2D eigenvalue weighted by Crippen LogP contribution is 2.46. The number of aromatic nitrogens is 2. The molecule has 0 saturated carbocycles. The molecule has 0 spiro atoms. The summed E-state index contributed by atoms with van der Waals surface area (Å²) in [5.41, 5.74) is 4.91. The average Bonchev–Trinajstić information content (AvgIpc) is 3.37. The first-order chi connectivity index (χ1) is 17.8. The number of benzene rings is 2. The quantitative estimate of drug-likeness (QED) is 0.331. The van der Waals surface area contributed by atoms with Crippen molar-refractivity contribution in [1.82, 2.24) is 15.1 Å². The van der Waals surface area contributed by atoms with Gasteiger partial charge in [-0.1, -0.05) is 26.0 Å². The highest BCUT2D eigenvalue weighted by molar-refractivity contribution is 6.00. The second-order valence-corrected chi connectivity index (χ2v) is 9.99. The van der Waals surface area contributed by atoms with E-state index in [2.05, 4.69) is 24.0 Å². The molecule has 0 aliphatic carbocycles. The summed E-state index contributed by atoms with van der Waals surface area (Å²) in [4.78, 5) is 15.2. The summed E-state index contributed by atoms with van der Waals surface area (Å²) in [7, 11) is 0. The summed E-state index contributed by atoms with van der Waals surface area (Å²) in [5.74, 6) is 1.74. The SMILES string of the molecule is CCOc1cc(C2c3c(-c4c(C)cc(C)cc4O)n[nH]c3C(=O)N2CCCO)ccc1OCCC(C)C. The van der Waals surface area contributed by atoms with Crippen LogP contribution >= 0.6 is 0 Å². The van der Waals surface area contributed by atoms with Crippen LogP contribution < -0.4 is 9.47 Å². The molecule has 8 heteroatoms. The van der Waals surface area contributed by atoms with E-state index in [1.54, 1.807) is 11.0 Å². The lowest BCUT2D eigenvalue weighted by atomic mass is 9.93. The minimum Gasteiger partial charge on any atom is -0.507 e. The molecule has 0 fully saturated rings. The maximum atomic E-state index is 13.5. The Balaban J connectivity index is 1.82. The molecule has 198 valence electrons. The lowest BCUT2D eigenvalue weighted by Crippen LogP contribution is -2.31. The van der Waals surface area contributed by atoms with Gasteiger partial charge in [0.05, 0.1) is 19.3 Å². The molecule has 1 atom stereocenters. The van der Waals surface area contributed by atoms with Crippen molar-refractivity contribution in [2.24, 2.45) is 5.92 Å². The van der Waals surface area contributed by atoms with Crippen LogP contribution in [0.15, 0.2) is 30.3 Å². The van der Waals surface area contributed by atoms with Crippen LogP contribution in [0.5, 0.6) is 17.2 Å². The molecular weight excluding hydrogens is 470 g/mol. The highest BCUT2D eigenvalue weighted by atomic mass is 16.5. The van der Waals surface area contributed by atoms with Crippen molar-refractivity contribution in [1.29, 1.82) is 0 Å². The number of nitrogens with zero attached hydrogens (tertiary/aromatic N) is 2. The van der Waals surface area contributed by atoms with Gasteiger partial charge in [-0.15, -0.1) is 0 Å². The van der Waals surface area contributed by atoms with Crippen LogP contribution in [0.25, 0.3) is 11.3 Å². The number of hydrogen-bond acceptors (Lipinski definition) is 6. The molecule has 3 N–H and O–H groups in total. The van der Waals surface area contributed by atoms with E-state index in [0.717, 1.165) is 23.1 Å². The van der Waals surface area contributed by atoms with E-state index in [4.69, 9.17) is 9.47 Å². The van der Waals surface area contributed by atoms with Crippen molar-refractivity contribution in [2.75, 3.05) is 26.4 Å². The Hall–Kier alpha value is -3.52. The topological polar surface area (TPSA) is 108 Å². The number of carbonyl (C=O) groups excluding carboxylic acids is 1. The number of ether oxygens (including phenoxy) is 2. The average molecular weight is 508 g/mol. The number of amides is 1. The van der Waals surface area contributed by atoms with Gasteiger partial charge in [0.1, 0.15) is 17.1 Å². The van der Waals surface area contributed by atoms with Gasteiger partial charge in [0.2, 0.25) is 0 Å². The van der Waals surface area contributed by atoms with Crippen molar-refractivity contribution in [2.45, 2.75) is 53.5 Å². The Bertz CT molecular complexity index is 1240. The zero-order valence-electron chi connectivity index (χ0n) is 22.3. The third-order valence-corrected chi connectivity index (χ3v) is 6.65. The molecule has 8 nitrogen and oxygen atoms in total. The maximum Gasteiger partial charge on any atom is 0.273 e. The molecule has 37 heavy (non-hydrogen) atoms. The number of aryl methyl sites for hydroxylation is 2. The summed E-state index contributed by atoms with van der Waals surface area (Å²) in [6.45, 7) is 11.5. The highest BCUT2D eigenvalue weighted by Gasteiger charge is 2.42. The predicted octanol–water partition coefficient (Wildman–Crippen LogP) is 5.15. The normalized spacial score (nSPS) is 14.9. The number of phenolic OH excluding ortho intramolecular Hbond substituents is 1. The van der Waals surface area contributed by atoms with E-state index in [1.807, 2.05) is 45.0 Å². The zero-order chi connectivity index (χ0) is 26.7. The number of aliphatic hydroxyl groups excluding tert-OH is 1. The van der Waals surface area contributed by atoms with E-state index < -0.39 is 6.04 Å². The molecule has 3 aromatic rings. The smallest absolute Gasteiger partial charge is 0.273 e. The molecular formula is C29H37N3O5. The third-order valence-electron chi connectivity index (χ3n) is 6.65. The fourth-order valence-electron chi connectivity index (χ4n) is 4.95. The fraction of sp³-hybridized carbons (Fsp3) is 0.448. The van der Waals surface area contributed by atoms with Crippen molar-refractivity contribution in [3.8, 4) is 28.5 Å². The molecule has 2 heterocycles. The summed E-state index contributed by atoms with van der Waals surface area (Å²) in [6.07, 6.45) is 1.37. The van der Waals surface area contributed by atoms with Gasteiger partial charge in [-0.05, 0) is 74.4 Å². The molecule has 1 unspecified atom stereocenters. The number of H-pyrrole nitrogens is 1. The summed E-state index contributed by atoms with van der Waals surface area (Å²) < 4.78 is 12.0. The first kappa shape index (κ1) is 26.5. The molecule has 1 aromatic heterocycles. The number of aliphatic hydroxyl groups is 1. The van der Waals surface area contributed by atoms with Gasteiger partial charge < -0.3 is 24.6 Å². The largest absolute Gasteiger partial charge is 0.507 e. The van der Waals surface area contributed by atoms with Crippen molar-refractivity contribution >= 4 is 5.91 Å². The van der Waals surface area contributed by atoms with Crippen LogP contribution in [0.3, 0.4) is 0 Å². The second kappa shape index (κ2) is 11.3. The molecule has 2 aromatic carbocycles. The summed E-state index contributed by atoms with van der Waals surface area (Å²) >= 11 is 0. The van der Waals surface area contributed by atoms with Gasteiger partial charge in [0, 0.05) is 24.3 Å². The summed E-state index contributed by atoms with van der Waals surface area (Å²) in [5, 5.41) is 27.8. The standard InChI is InChI=1S/C29H37N3O5/c1-6-36-23-16-20(8-9-22(23)37-13-10-17(2)3)28-25-26(24-19(5)14-18(4)15-21(24)34)30-31-27(25)29(35)32(28)11-7-12-33/h8-9,14-17,28,33-34H,6-7,10-13H2,1-5H3,(H,30,31). The Morgan fingerprint density at radius 3 is 2.59 bits per heavy atom. The fourth-order valence-corrected chi connectivity index (χ4v) is 4.95. The van der Waals surface area contributed by atoms with Gasteiger partial charge in [0.25, 0.3) is 5.91 Å². The number of aromatic hydroxyl groups is 1. The number of carbonyl (C=O) groups is 1. The van der Waals surface area contributed by atoms with Gasteiger partial charge >= 0.3 is 0 Å². The molecule has 1 aliphatic heterocycles. The number of rotatable bonds is 11. The van der Waals surface area contributed by atoms with Gasteiger partial charge in [-0.25, -0.2) is 0 Å². The van der Waals surface area contributed by atoms with Gasteiger partial charge in [-0.2, -0.15) is 5.10 Å². The second-order valence-electron chi connectivity index (χ2n) is 9.99. The number of nitrogens with one attached hydrogen (secondary N) is 1. The number of hydrogen-bond donors (Lipinski definition) is 3. The first-order valence-corrected chi connectivity index (χ1v) is 13.0. The number of phenols is 1. The Morgan fingerprint density at radius 2 is 1.92 bits per heavy atom. The monoisotopic (exact) mass is 507 g/mol. The Labute approximate surface area is 218 Å². The molecule has 0 saturated heterocycles. The Morgan fingerprint density at radius 1 is 1.14 bits per heavy atom. The van der Waals surface area contributed by atoms with Crippen LogP contribution in [0.4, 0.5) is 0 Å². The molecule has 1 amide bonds. The lowest BCUT2D eigenvalue weighted by molar-refractivity contribution is 0.0732.